The fraction of sp³-hybridized carbons (Fsp3) is 0.455. The fourth-order valence-corrected chi connectivity index (χ4v) is 2.42. The molecule has 0 bridgehead atoms. The van der Waals surface area contributed by atoms with Gasteiger partial charge in [-0.1, -0.05) is 0 Å². The van der Waals surface area contributed by atoms with Crippen molar-refractivity contribution in [3.05, 3.63) is 18.6 Å². The Morgan fingerprint density at radius 1 is 1.61 bits per heavy atom. The second kappa shape index (κ2) is 5.45. The van der Waals surface area contributed by atoms with Crippen molar-refractivity contribution in [1.29, 1.82) is 0 Å². The number of aliphatic hydroxyl groups excluding tert-OH is 1. The molecule has 7 heteroatoms. The minimum Gasteiger partial charge on any atom is -0.395 e. The van der Waals surface area contributed by atoms with Crippen LogP contribution in [0.1, 0.15) is 6.92 Å². The smallest absolute Gasteiger partial charge is 0.180 e. The third kappa shape index (κ3) is 2.51. The van der Waals surface area contributed by atoms with Crippen LogP contribution in [0.2, 0.25) is 0 Å². The number of aliphatic hydroxyl groups is 1. The Hall–Kier alpha value is -1.47. The maximum atomic E-state index is 9.28. The molecule has 4 N–H and O–H groups in total. The van der Waals surface area contributed by atoms with Crippen molar-refractivity contribution < 1.29 is 5.11 Å². The lowest BCUT2D eigenvalue weighted by atomic mass is 10.2. The van der Waals surface area contributed by atoms with Gasteiger partial charge in [0.2, 0.25) is 0 Å². The van der Waals surface area contributed by atoms with Crippen LogP contribution in [-0.4, -0.2) is 43.6 Å². The van der Waals surface area contributed by atoms with Crippen molar-refractivity contribution in [2.24, 2.45) is 0 Å². The molecule has 98 valence electrons. The van der Waals surface area contributed by atoms with Gasteiger partial charge in [-0.05, 0) is 13.2 Å². The number of nitrogens with zero attached hydrogens (tertiary/aromatic N) is 3. The highest BCUT2D eigenvalue weighted by molar-refractivity contribution is 7.99. The number of hydrogen-bond donors (Lipinski definition) is 3. The molecule has 0 aliphatic heterocycles. The molecule has 2 rings (SSSR count). The summed E-state index contributed by atoms with van der Waals surface area (Å²) in [5.74, 6) is 1.07. The maximum Gasteiger partial charge on any atom is 0.180 e. The van der Waals surface area contributed by atoms with E-state index in [2.05, 4.69) is 15.3 Å². The van der Waals surface area contributed by atoms with Gasteiger partial charge < -0.3 is 20.6 Å². The number of aromatic nitrogens is 3. The number of rotatable bonds is 5. The maximum absolute atomic E-state index is 9.28. The minimum atomic E-state index is 0.0693. The molecule has 0 aliphatic rings. The second-order valence-electron chi connectivity index (χ2n) is 4.06. The Kier molecular flexibility index (Phi) is 3.93. The molecular weight excluding hydrogens is 250 g/mol. The third-order valence-electron chi connectivity index (χ3n) is 2.80. The Morgan fingerprint density at radius 2 is 2.39 bits per heavy atom. The van der Waals surface area contributed by atoms with E-state index in [0.29, 0.717) is 11.6 Å². The van der Waals surface area contributed by atoms with Crippen LogP contribution in [0, 0.1) is 0 Å². The highest BCUT2D eigenvalue weighted by Crippen LogP contribution is 2.19. The number of thioether (sulfide) groups is 1. The van der Waals surface area contributed by atoms with Crippen LogP contribution in [0.15, 0.2) is 18.6 Å². The van der Waals surface area contributed by atoms with Crippen molar-refractivity contribution in [1.82, 2.24) is 14.4 Å². The van der Waals surface area contributed by atoms with Crippen LogP contribution >= 0.6 is 11.8 Å². The zero-order valence-electron chi connectivity index (χ0n) is 10.4. The summed E-state index contributed by atoms with van der Waals surface area (Å²) in [5.41, 5.74) is 6.48. The summed E-state index contributed by atoms with van der Waals surface area (Å²) in [7, 11) is 0. The third-order valence-corrected chi connectivity index (χ3v) is 3.96. The van der Waals surface area contributed by atoms with Gasteiger partial charge in [-0.2, -0.15) is 11.8 Å². The van der Waals surface area contributed by atoms with Crippen molar-refractivity contribution in [2.45, 2.75) is 18.2 Å². The topological polar surface area (TPSA) is 88.5 Å². The normalized spacial score (nSPS) is 14.6. The zero-order chi connectivity index (χ0) is 13.1. The molecule has 0 radical (unpaired) electrons. The van der Waals surface area contributed by atoms with E-state index in [4.69, 9.17) is 5.73 Å². The van der Waals surface area contributed by atoms with E-state index < -0.39 is 0 Å². The number of nitrogen functional groups attached to an aromatic ring is 1. The Bertz CT molecular complexity index is 525. The molecule has 0 aliphatic carbocycles. The number of nitrogens with one attached hydrogen (secondary N) is 1. The Balaban J connectivity index is 2.28. The molecule has 0 amide bonds. The summed E-state index contributed by atoms with van der Waals surface area (Å²) < 4.78 is 1.82. The van der Waals surface area contributed by atoms with Crippen LogP contribution in [0.5, 0.6) is 0 Å². The molecule has 0 fully saturated rings. The van der Waals surface area contributed by atoms with Gasteiger partial charge in [0.05, 0.1) is 12.8 Å². The van der Waals surface area contributed by atoms with E-state index in [1.165, 1.54) is 0 Å². The summed E-state index contributed by atoms with van der Waals surface area (Å²) >= 11 is 1.61. The first-order valence-electron chi connectivity index (χ1n) is 5.65. The predicted molar refractivity (Wildman–Crippen MR) is 74.9 cm³/mol. The van der Waals surface area contributed by atoms with E-state index in [1.807, 2.05) is 23.8 Å². The monoisotopic (exact) mass is 267 g/mol. The second-order valence-corrected chi connectivity index (χ2v) is 5.14. The predicted octanol–water partition coefficient (Wildman–Crippen LogP) is 0.836. The average molecular weight is 267 g/mol. The first-order valence-corrected chi connectivity index (χ1v) is 6.94. The molecule has 6 nitrogen and oxygen atoms in total. The van der Waals surface area contributed by atoms with Crippen LogP contribution in [-0.2, 0) is 0 Å². The molecule has 2 aromatic heterocycles. The summed E-state index contributed by atoms with van der Waals surface area (Å²) in [6.45, 7) is 2.12. The van der Waals surface area contributed by atoms with E-state index in [-0.39, 0.29) is 17.9 Å². The van der Waals surface area contributed by atoms with E-state index in [1.54, 1.807) is 24.2 Å². The molecule has 18 heavy (non-hydrogen) atoms. The lowest BCUT2D eigenvalue weighted by Crippen LogP contribution is -2.31. The molecule has 0 aromatic carbocycles. The highest BCUT2D eigenvalue weighted by atomic mass is 32.2. The Morgan fingerprint density at radius 3 is 3.06 bits per heavy atom. The van der Waals surface area contributed by atoms with E-state index in [0.717, 1.165) is 5.65 Å². The lowest BCUT2D eigenvalue weighted by molar-refractivity contribution is 0.288. The van der Waals surface area contributed by atoms with Gasteiger partial charge in [0.15, 0.2) is 11.5 Å². The van der Waals surface area contributed by atoms with Crippen LogP contribution < -0.4 is 11.1 Å². The van der Waals surface area contributed by atoms with Crippen molar-refractivity contribution >= 4 is 29.0 Å². The Labute approximate surface area is 110 Å². The average Bonchev–Trinajstić information content (AvgIpc) is 2.78. The number of hydrogen-bond acceptors (Lipinski definition) is 6. The van der Waals surface area contributed by atoms with Gasteiger partial charge in [-0.15, -0.1) is 0 Å². The van der Waals surface area contributed by atoms with Crippen LogP contribution in [0.4, 0.5) is 11.6 Å². The molecule has 0 saturated heterocycles. The fourth-order valence-electron chi connectivity index (χ4n) is 1.79. The van der Waals surface area contributed by atoms with Gasteiger partial charge in [-0.3, -0.25) is 0 Å². The first-order chi connectivity index (χ1) is 8.65. The molecule has 0 saturated carbocycles. The first kappa shape index (κ1) is 13.0. The van der Waals surface area contributed by atoms with Gasteiger partial charge in [0, 0.05) is 23.7 Å². The van der Waals surface area contributed by atoms with Gasteiger partial charge in [0.1, 0.15) is 5.82 Å². The summed E-state index contributed by atoms with van der Waals surface area (Å²) in [4.78, 5) is 8.49. The minimum absolute atomic E-state index is 0.0693. The lowest BCUT2D eigenvalue weighted by Gasteiger charge is -2.22. The number of fused-ring (bicyclic) bond motifs is 1. The zero-order valence-corrected chi connectivity index (χ0v) is 11.2. The van der Waals surface area contributed by atoms with Gasteiger partial charge in [-0.25, -0.2) is 9.97 Å². The highest BCUT2D eigenvalue weighted by Gasteiger charge is 2.17. The number of imidazole rings is 1. The molecule has 2 atom stereocenters. The van der Waals surface area contributed by atoms with E-state index >= 15 is 0 Å². The molecule has 2 aromatic rings. The molecule has 2 unspecified atom stereocenters. The molecule has 2 heterocycles. The van der Waals surface area contributed by atoms with Gasteiger partial charge >= 0.3 is 0 Å². The van der Waals surface area contributed by atoms with Crippen LogP contribution in [0.3, 0.4) is 0 Å². The summed E-state index contributed by atoms with van der Waals surface area (Å²) in [6.07, 6.45) is 7.21. The largest absolute Gasteiger partial charge is 0.395 e. The standard InChI is InChI=1S/C11H17N5OS/c1-7(8(6-17)18-2)14-10-11-13-3-4-16(11)5-9(12)15-10/h3-5,7-8,17H,6,12H2,1-2H3,(H,14,15). The van der Waals surface area contributed by atoms with Crippen molar-refractivity contribution in [2.75, 3.05) is 23.9 Å². The van der Waals surface area contributed by atoms with Crippen molar-refractivity contribution in [3.8, 4) is 0 Å². The summed E-state index contributed by atoms with van der Waals surface area (Å²) in [5, 5.41) is 12.6. The van der Waals surface area contributed by atoms with Crippen molar-refractivity contribution in [3.63, 3.8) is 0 Å². The van der Waals surface area contributed by atoms with E-state index in [9.17, 15) is 5.11 Å². The SMILES string of the molecule is CSC(CO)C(C)Nc1nc(N)cn2ccnc12. The number of anilines is 2. The van der Waals surface area contributed by atoms with Crippen LogP contribution in [0.25, 0.3) is 5.65 Å². The van der Waals surface area contributed by atoms with Gasteiger partial charge in [0.25, 0.3) is 0 Å². The summed E-state index contributed by atoms with van der Waals surface area (Å²) in [6, 6.07) is 0.0693. The molecule has 0 spiro atoms. The molecular formula is C11H17N5OS. The number of nitrogens with two attached hydrogens (primary N) is 1. The quantitative estimate of drug-likeness (QED) is 0.744.